The fraction of sp³-hybridized carbons (Fsp3) is 0.417. The Morgan fingerprint density at radius 2 is 1.19 bits per heavy atom. The van der Waals surface area contributed by atoms with Gasteiger partial charge in [0.15, 0.2) is 0 Å². The van der Waals surface area contributed by atoms with Gasteiger partial charge in [-0.05, 0) is 6.07 Å². The highest BCUT2D eigenvalue weighted by atomic mass is 19.4. The molecule has 1 aromatic rings. The minimum atomic E-state index is -7.48. The van der Waals surface area contributed by atoms with Crippen molar-refractivity contribution in [1.29, 1.82) is 0 Å². The molecule has 0 aliphatic heterocycles. The van der Waals surface area contributed by atoms with E-state index >= 15 is 0 Å². The van der Waals surface area contributed by atoms with Crippen molar-refractivity contribution in [2.75, 3.05) is 0 Å². The van der Waals surface area contributed by atoms with Crippen molar-refractivity contribution < 1.29 is 61.9 Å². The lowest BCUT2D eigenvalue weighted by Crippen LogP contribution is -2.63. The van der Waals surface area contributed by atoms with Crippen molar-refractivity contribution >= 4 is 5.78 Å². The number of hydrogen-bond donors (Lipinski definition) is 0. The highest BCUT2D eigenvalue weighted by Crippen LogP contribution is 2.54. The third-order valence-electron chi connectivity index (χ3n) is 2.97. The zero-order valence-electron chi connectivity index (χ0n) is 11.6. The summed E-state index contributed by atoms with van der Waals surface area (Å²) in [6, 6.07) is -0.141. The number of benzene rings is 1. The highest BCUT2D eigenvalue weighted by molar-refractivity contribution is 6.03. The van der Waals surface area contributed by atoms with Crippen LogP contribution in [0.4, 0.5) is 57.1 Å². The fourth-order valence-electron chi connectivity index (χ4n) is 1.69. The maximum Gasteiger partial charge on any atom is 0.460 e. The van der Waals surface area contributed by atoms with Crippen molar-refractivity contribution in [3.05, 3.63) is 35.1 Å². The van der Waals surface area contributed by atoms with Crippen LogP contribution >= 0.6 is 0 Å². The van der Waals surface area contributed by atoms with Crippen molar-refractivity contribution in [2.45, 2.75) is 30.1 Å². The molecule has 0 aliphatic carbocycles. The van der Waals surface area contributed by atoms with Gasteiger partial charge in [0.2, 0.25) is 5.78 Å². The first-order valence-corrected chi connectivity index (χ1v) is 5.90. The molecule has 26 heavy (non-hydrogen) atoms. The quantitative estimate of drug-likeness (QED) is 0.474. The van der Waals surface area contributed by atoms with Gasteiger partial charge in [-0.3, -0.25) is 4.79 Å². The van der Waals surface area contributed by atoms with E-state index < -0.39 is 52.8 Å². The predicted molar refractivity (Wildman–Crippen MR) is 56.6 cm³/mol. The number of rotatable bonds is 4. The Hall–Kier alpha value is -2.02. The van der Waals surface area contributed by atoms with E-state index in [-0.39, 0.29) is 18.2 Å². The zero-order chi connectivity index (χ0) is 20.9. The lowest BCUT2D eigenvalue weighted by molar-refractivity contribution is -0.386. The Morgan fingerprint density at radius 3 is 1.58 bits per heavy atom. The van der Waals surface area contributed by atoms with Crippen LogP contribution in [-0.4, -0.2) is 29.7 Å². The largest absolute Gasteiger partial charge is 0.460 e. The molecule has 0 heterocycles. The molecular weight excluding hydrogens is 407 g/mol. The average molecular weight is 410 g/mol. The van der Waals surface area contributed by atoms with Gasteiger partial charge >= 0.3 is 30.1 Å². The molecule has 0 atom stereocenters. The standard InChI is InChI=1S/C12H3F13O/c13-5-3-1-2-4(6(5)9(16,17)18)7(26)8(14,15)10(19,20)11(21,22)12(23,24)25/h1-3H. The first-order valence-electron chi connectivity index (χ1n) is 5.90. The van der Waals surface area contributed by atoms with Crippen molar-refractivity contribution in [3.8, 4) is 0 Å². The number of carbonyl (C=O) groups excluding carboxylic acids is 1. The minimum Gasteiger partial charge on any atom is -0.287 e. The number of halogens is 13. The molecule has 0 saturated heterocycles. The fourth-order valence-corrected chi connectivity index (χ4v) is 1.69. The molecule has 0 radical (unpaired) electrons. The number of hydrogen-bond acceptors (Lipinski definition) is 1. The van der Waals surface area contributed by atoms with Gasteiger partial charge in [-0.1, -0.05) is 12.1 Å². The second-order valence-electron chi connectivity index (χ2n) is 4.71. The summed E-state index contributed by atoms with van der Waals surface area (Å²) in [7, 11) is 0. The maximum atomic E-state index is 13.4. The third kappa shape index (κ3) is 3.20. The molecule has 1 rings (SSSR count). The molecule has 0 amide bonds. The van der Waals surface area contributed by atoms with E-state index in [1.54, 1.807) is 0 Å². The van der Waals surface area contributed by atoms with Gasteiger partial charge in [0.25, 0.3) is 0 Å². The topological polar surface area (TPSA) is 17.1 Å². The van der Waals surface area contributed by atoms with Crippen LogP contribution in [0.2, 0.25) is 0 Å². The third-order valence-corrected chi connectivity index (χ3v) is 2.97. The predicted octanol–water partition coefficient (Wildman–Crippen LogP) is 5.50. The van der Waals surface area contributed by atoms with E-state index in [0.29, 0.717) is 0 Å². The van der Waals surface area contributed by atoms with Gasteiger partial charge in [-0.15, -0.1) is 0 Å². The molecule has 1 nitrogen and oxygen atoms in total. The van der Waals surface area contributed by atoms with E-state index in [4.69, 9.17) is 0 Å². The molecule has 1 aromatic carbocycles. The average Bonchev–Trinajstić information content (AvgIpc) is 2.43. The van der Waals surface area contributed by atoms with Gasteiger partial charge in [0.05, 0.1) is 0 Å². The molecule has 0 spiro atoms. The van der Waals surface area contributed by atoms with E-state index in [9.17, 15) is 61.9 Å². The van der Waals surface area contributed by atoms with Gasteiger partial charge in [0, 0.05) is 5.56 Å². The van der Waals surface area contributed by atoms with Crippen LogP contribution in [0.5, 0.6) is 0 Å². The molecule has 0 aromatic heterocycles. The summed E-state index contributed by atoms with van der Waals surface area (Å²) < 4.78 is 165. The van der Waals surface area contributed by atoms with E-state index in [0.717, 1.165) is 0 Å². The second-order valence-corrected chi connectivity index (χ2v) is 4.71. The number of ketones is 1. The van der Waals surface area contributed by atoms with Crippen LogP contribution < -0.4 is 0 Å². The molecule has 0 N–H and O–H groups in total. The number of Topliss-reactive ketones (excluding diaryl/α,β-unsaturated/α-hetero) is 1. The van der Waals surface area contributed by atoms with Crippen LogP contribution in [-0.2, 0) is 6.18 Å². The van der Waals surface area contributed by atoms with E-state index in [1.807, 2.05) is 0 Å². The Kier molecular flexibility index (Phi) is 5.09. The SMILES string of the molecule is O=C(c1cccc(F)c1C(F)(F)F)C(F)(F)C(F)(F)C(F)(F)C(F)(F)F. The Balaban J connectivity index is 3.62. The van der Waals surface area contributed by atoms with Gasteiger partial charge in [-0.25, -0.2) is 4.39 Å². The van der Waals surface area contributed by atoms with Crippen LogP contribution in [0.3, 0.4) is 0 Å². The van der Waals surface area contributed by atoms with E-state index in [1.165, 1.54) is 0 Å². The summed E-state index contributed by atoms with van der Waals surface area (Å²) in [5.41, 5.74) is -5.36. The van der Waals surface area contributed by atoms with Crippen LogP contribution in [0.1, 0.15) is 15.9 Å². The second kappa shape index (κ2) is 6.01. The first-order chi connectivity index (χ1) is 11.3. The van der Waals surface area contributed by atoms with Gasteiger partial charge in [-0.2, -0.15) is 52.7 Å². The van der Waals surface area contributed by atoms with Crippen LogP contribution in [0.15, 0.2) is 18.2 Å². The van der Waals surface area contributed by atoms with Crippen molar-refractivity contribution in [2.24, 2.45) is 0 Å². The summed E-state index contributed by atoms with van der Waals surface area (Å²) in [5.74, 6) is -28.1. The summed E-state index contributed by atoms with van der Waals surface area (Å²) in [6.07, 6.45) is -13.2. The zero-order valence-corrected chi connectivity index (χ0v) is 11.6. The molecule has 148 valence electrons. The Bertz CT molecular complexity index is 698. The molecular formula is C12H3F13O. The van der Waals surface area contributed by atoms with E-state index in [2.05, 4.69) is 0 Å². The van der Waals surface area contributed by atoms with Gasteiger partial charge < -0.3 is 0 Å². The van der Waals surface area contributed by atoms with Crippen molar-refractivity contribution in [1.82, 2.24) is 0 Å². The summed E-state index contributed by atoms with van der Waals surface area (Å²) >= 11 is 0. The van der Waals surface area contributed by atoms with Crippen molar-refractivity contribution in [3.63, 3.8) is 0 Å². The number of carbonyl (C=O) groups is 1. The minimum absolute atomic E-state index is 0.0276. The first kappa shape index (κ1) is 22.0. The van der Waals surface area contributed by atoms with Crippen LogP contribution in [0, 0.1) is 5.82 Å². The number of alkyl halides is 12. The highest BCUT2D eigenvalue weighted by Gasteiger charge is 2.83. The summed E-state index contributed by atoms with van der Waals surface area (Å²) in [4.78, 5) is 11.3. The van der Waals surface area contributed by atoms with Crippen LogP contribution in [0.25, 0.3) is 0 Å². The molecule has 0 fully saturated rings. The Labute approximate surface area is 134 Å². The smallest absolute Gasteiger partial charge is 0.287 e. The molecule has 0 unspecified atom stereocenters. The summed E-state index contributed by atoms with van der Waals surface area (Å²) in [6.45, 7) is 0. The van der Waals surface area contributed by atoms with Gasteiger partial charge in [0.1, 0.15) is 11.4 Å². The molecule has 0 aliphatic rings. The molecule has 14 heteroatoms. The normalized spacial score (nSPS) is 14.5. The molecule has 0 saturated carbocycles. The monoisotopic (exact) mass is 410 g/mol. The maximum absolute atomic E-state index is 13.4. The lowest BCUT2D eigenvalue weighted by atomic mass is 9.92. The lowest BCUT2D eigenvalue weighted by Gasteiger charge is -2.33. The molecule has 0 bridgehead atoms. The summed E-state index contributed by atoms with van der Waals surface area (Å²) in [5, 5.41) is 0. The Morgan fingerprint density at radius 1 is 0.731 bits per heavy atom.